The smallest absolute Gasteiger partial charge is 0.322 e. The second kappa shape index (κ2) is 5.62. The summed E-state index contributed by atoms with van der Waals surface area (Å²) in [6, 6.07) is 7.85. The summed E-state index contributed by atoms with van der Waals surface area (Å²) in [5.74, 6) is 0.0382. The van der Waals surface area contributed by atoms with Crippen molar-refractivity contribution in [2.75, 3.05) is 31.1 Å². The maximum absolute atomic E-state index is 12.7. The number of carbonyl (C=O) groups excluding carboxylic acids is 2. The molecule has 3 aromatic heterocycles. The van der Waals surface area contributed by atoms with E-state index in [0.717, 1.165) is 11.2 Å². The highest BCUT2D eigenvalue weighted by molar-refractivity contribution is 5.96. The first-order chi connectivity index (χ1) is 12.7. The molecule has 5 heterocycles. The minimum absolute atomic E-state index is 0.0382. The molecule has 0 radical (unpaired) electrons. The molecular formula is C18H18N6O2. The molecule has 8 nitrogen and oxygen atoms in total. The number of anilines is 1. The average Bonchev–Trinajstić information content (AvgIpc) is 3.31. The topological polar surface area (TPSA) is 74.9 Å². The highest BCUT2D eigenvalue weighted by Gasteiger charge is 2.34. The number of rotatable bonds is 3. The van der Waals surface area contributed by atoms with Crippen LogP contribution < -0.4 is 10.2 Å². The van der Waals surface area contributed by atoms with Gasteiger partial charge in [0.25, 0.3) is 5.91 Å². The molecular weight excluding hydrogens is 332 g/mol. The lowest BCUT2D eigenvalue weighted by atomic mass is 10.1. The van der Waals surface area contributed by atoms with Gasteiger partial charge in [-0.25, -0.2) is 4.79 Å². The summed E-state index contributed by atoms with van der Waals surface area (Å²) < 4.78 is 3.80. The molecule has 26 heavy (non-hydrogen) atoms. The van der Waals surface area contributed by atoms with Gasteiger partial charge in [0.05, 0.1) is 23.5 Å². The molecule has 5 rings (SSSR count). The maximum atomic E-state index is 12.7. The van der Waals surface area contributed by atoms with Crippen LogP contribution in [0.15, 0.2) is 49.1 Å². The van der Waals surface area contributed by atoms with Gasteiger partial charge in [-0.1, -0.05) is 6.07 Å². The van der Waals surface area contributed by atoms with Crippen LogP contribution in [0.2, 0.25) is 0 Å². The Labute approximate surface area is 149 Å². The van der Waals surface area contributed by atoms with Gasteiger partial charge in [0.15, 0.2) is 0 Å². The number of fused-ring (bicyclic) bond motifs is 1. The van der Waals surface area contributed by atoms with Gasteiger partial charge in [0.2, 0.25) is 0 Å². The standard InChI is InChI=1S/C18H18N6O2/c25-17(13-7-14-3-1-2-5-21(14)9-13)22-10-16(11-22)24-12-15(8-20-24)23-6-4-19-18(23)26/h1-3,5,7-9,12,16H,4,6,10-11H2,(H,19,26). The fourth-order valence-corrected chi connectivity index (χ4v) is 3.53. The third-order valence-corrected chi connectivity index (χ3v) is 5.03. The number of amides is 3. The van der Waals surface area contributed by atoms with E-state index in [0.29, 0.717) is 31.7 Å². The minimum Gasteiger partial charge on any atom is -0.336 e. The summed E-state index contributed by atoms with van der Waals surface area (Å²) in [5, 5.41) is 7.15. The second-order valence-electron chi connectivity index (χ2n) is 6.69. The molecule has 0 spiro atoms. The predicted molar refractivity (Wildman–Crippen MR) is 95.3 cm³/mol. The average molecular weight is 350 g/mol. The van der Waals surface area contributed by atoms with Gasteiger partial charge >= 0.3 is 6.03 Å². The van der Waals surface area contributed by atoms with Crippen molar-refractivity contribution in [1.82, 2.24) is 24.4 Å². The van der Waals surface area contributed by atoms with E-state index in [4.69, 9.17) is 0 Å². The second-order valence-corrected chi connectivity index (χ2v) is 6.69. The van der Waals surface area contributed by atoms with Crippen molar-refractivity contribution in [3.8, 4) is 0 Å². The molecule has 2 aliphatic heterocycles. The third-order valence-electron chi connectivity index (χ3n) is 5.03. The fraction of sp³-hybridized carbons (Fsp3) is 0.278. The quantitative estimate of drug-likeness (QED) is 0.775. The lowest BCUT2D eigenvalue weighted by molar-refractivity contribution is 0.0502. The molecule has 3 amide bonds. The SMILES string of the molecule is O=C(c1cc2ccccn2c1)N1CC(n2cc(N3CCNC3=O)cn2)C1. The number of likely N-dealkylation sites (tertiary alicyclic amines) is 1. The van der Waals surface area contributed by atoms with Crippen LogP contribution in [-0.2, 0) is 0 Å². The van der Waals surface area contributed by atoms with Gasteiger partial charge in [-0.15, -0.1) is 0 Å². The number of nitrogens with zero attached hydrogens (tertiary/aromatic N) is 5. The molecule has 0 aliphatic carbocycles. The van der Waals surface area contributed by atoms with Crippen molar-refractivity contribution in [3.63, 3.8) is 0 Å². The van der Waals surface area contributed by atoms with Crippen LogP contribution in [0.4, 0.5) is 10.5 Å². The van der Waals surface area contributed by atoms with E-state index < -0.39 is 0 Å². The monoisotopic (exact) mass is 350 g/mol. The van der Waals surface area contributed by atoms with Gasteiger partial charge in [-0.3, -0.25) is 14.4 Å². The van der Waals surface area contributed by atoms with Crippen LogP contribution in [0.1, 0.15) is 16.4 Å². The Kier molecular flexibility index (Phi) is 3.24. The molecule has 8 heteroatoms. The van der Waals surface area contributed by atoms with Gasteiger partial charge in [0.1, 0.15) is 0 Å². The molecule has 2 saturated heterocycles. The number of hydrogen-bond acceptors (Lipinski definition) is 3. The highest BCUT2D eigenvalue weighted by Crippen LogP contribution is 2.26. The van der Waals surface area contributed by atoms with Crippen molar-refractivity contribution in [3.05, 3.63) is 54.6 Å². The first-order valence-corrected chi connectivity index (χ1v) is 8.64. The van der Waals surface area contributed by atoms with E-state index >= 15 is 0 Å². The molecule has 0 bridgehead atoms. The van der Waals surface area contributed by atoms with E-state index in [-0.39, 0.29) is 18.0 Å². The lowest BCUT2D eigenvalue weighted by Crippen LogP contribution is -2.50. The normalized spacial score (nSPS) is 17.6. The molecule has 0 saturated carbocycles. The molecule has 0 unspecified atom stereocenters. The fourth-order valence-electron chi connectivity index (χ4n) is 3.53. The Balaban J connectivity index is 1.26. The Morgan fingerprint density at radius 2 is 2.12 bits per heavy atom. The number of nitrogens with one attached hydrogen (secondary N) is 1. The Hall–Kier alpha value is -3.29. The van der Waals surface area contributed by atoms with Crippen molar-refractivity contribution in [2.24, 2.45) is 0 Å². The van der Waals surface area contributed by atoms with Gasteiger partial charge in [-0.05, 0) is 18.2 Å². The zero-order chi connectivity index (χ0) is 17.7. The maximum Gasteiger partial charge on any atom is 0.322 e. The van der Waals surface area contributed by atoms with Gasteiger partial charge < -0.3 is 14.6 Å². The molecule has 0 atom stereocenters. The summed E-state index contributed by atoms with van der Waals surface area (Å²) in [6.45, 7) is 2.56. The Bertz CT molecular complexity index is 967. The van der Waals surface area contributed by atoms with Crippen LogP contribution in [0, 0.1) is 0 Å². The summed E-state index contributed by atoms with van der Waals surface area (Å²) in [7, 11) is 0. The largest absolute Gasteiger partial charge is 0.336 e. The molecule has 0 aromatic carbocycles. The van der Waals surface area contributed by atoms with Gasteiger partial charge in [-0.2, -0.15) is 5.10 Å². The first-order valence-electron chi connectivity index (χ1n) is 8.64. The van der Waals surface area contributed by atoms with Crippen molar-refractivity contribution >= 4 is 23.1 Å². The number of carbonyl (C=O) groups is 2. The van der Waals surface area contributed by atoms with E-state index in [1.807, 2.05) is 56.8 Å². The molecule has 2 aliphatic rings. The van der Waals surface area contributed by atoms with Crippen LogP contribution >= 0.6 is 0 Å². The summed E-state index contributed by atoms with van der Waals surface area (Å²) in [6.07, 6.45) is 7.38. The van der Waals surface area contributed by atoms with E-state index in [1.165, 1.54) is 0 Å². The summed E-state index contributed by atoms with van der Waals surface area (Å²) in [5.41, 5.74) is 2.50. The van der Waals surface area contributed by atoms with Crippen LogP contribution in [0.25, 0.3) is 5.52 Å². The number of aromatic nitrogens is 3. The first kappa shape index (κ1) is 15.0. The van der Waals surface area contributed by atoms with E-state index in [9.17, 15) is 9.59 Å². The van der Waals surface area contributed by atoms with Crippen molar-refractivity contribution in [2.45, 2.75) is 6.04 Å². The van der Waals surface area contributed by atoms with Crippen molar-refractivity contribution < 1.29 is 9.59 Å². The van der Waals surface area contributed by atoms with E-state index in [2.05, 4.69) is 10.4 Å². The van der Waals surface area contributed by atoms with Crippen LogP contribution in [0.5, 0.6) is 0 Å². The minimum atomic E-state index is -0.0873. The highest BCUT2D eigenvalue weighted by atomic mass is 16.2. The molecule has 3 aromatic rings. The number of urea groups is 1. The van der Waals surface area contributed by atoms with Crippen molar-refractivity contribution in [1.29, 1.82) is 0 Å². The van der Waals surface area contributed by atoms with Crippen LogP contribution in [0.3, 0.4) is 0 Å². The third kappa shape index (κ3) is 2.33. The summed E-state index contributed by atoms with van der Waals surface area (Å²) >= 11 is 0. The predicted octanol–water partition coefficient (Wildman–Crippen LogP) is 1.36. The Morgan fingerprint density at radius 1 is 1.23 bits per heavy atom. The van der Waals surface area contributed by atoms with Gasteiger partial charge in [0, 0.05) is 50.3 Å². The zero-order valence-electron chi connectivity index (χ0n) is 14.1. The lowest BCUT2D eigenvalue weighted by Gasteiger charge is -2.39. The molecule has 1 N–H and O–H groups in total. The summed E-state index contributed by atoms with van der Waals surface area (Å²) in [4.78, 5) is 27.9. The Morgan fingerprint density at radius 3 is 2.88 bits per heavy atom. The zero-order valence-corrected chi connectivity index (χ0v) is 14.1. The molecule has 132 valence electrons. The molecule has 2 fully saturated rings. The number of pyridine rings is 1. The van der Waals surface area contributed by atoms with Crippen LogP contribution in [-0.4, -0.2) is 57.2 Å². The number of hydrogen-bond donors (Lipinski definition) is 1. The van der Waals surface area contributed by atoms with E-state index in [1.54, 1.807) is 11.1 Å².